The Balaban J connectivity index is 1.75. The summed E-state index contributed by atoms with van der Waals surface area (Å²) >= 11 is -0.398. The monoisotopic (exact) mass is 547 g/mol. The van der Waals surface area contributed by atoms with Crippen LogP contribution in [0.5, 0.6) is 11.5 Å². The van der Waals surface area contributed by atoms with Crippen molar-refractivity contribution in [3.63, 3.8) is 0 Å². The molecule has 32 heavy (non-hydrogen) atoms. The van der Waals surface area contributed by atoms with Gasteiger partial charge in [0, 0.05) is 0 Å². The number of alkyl halides is 1. The number of ether oxygens (including phenoxy) is 2. The number of carbonyl (C=O) groups is 1. The summed E-state index contributed by atoms with van der Waals surface area (Å²) in [6.07, 6.45) is 3.35. The van der Waals surface area contributed by atoms with E-state index < -0.39 is 27.0 Å². The van der Waals surface area contributed by atoms with Crippen molar-refractivity contribution in [3.05, 3.63) is 63.4 Å². The molecule has 2 bridgehead atoms. The molecule has 0 spiro atoms. The van der Waals surface area contributed by atoms with Crippen molar-refractivity contribution >= 4 is 17.3 Å². The van der Waals surface area contributed by atoms with Gasteiger partial charge in [0.1, 0.15) is 0 Å². The maximum absolute atomic E-state index is 14.4. The third-order valence-electron chi connectivity index (χ3n) is 5.35. The summed E-state index contributed by atoms with van der Waals surface area (Å²) in [5.41, 5.74) is 5.05. The molecule has 2 aromatic heterocycles. The van der Waals surface area contributed by atoms with E-state index in [1.807, 2.05) is 6.07 Å². The van der Waals surface area contributed by atoms with Crippen LogP contribution in [0, 0.1) is 5.82 Å². The SMILES string of the molecule is COc1c(F)cccc1Nc1c2[nH]c3c1C(=O)NCC3[I-]/C=C(\C)COc1cnccc1-2. The molecule has 3 aromatic rings. The van der Waals surface area contributed by atoms with Crippen molar-refractivity contribution in [3.8, 4) is 22.8 Å². The number of para-hydroxylation sites is 1. The molecule has 0 radical (unpaired) electrons. The first-order chi connectivity index (χ1) is 15.6. The molecule has 0 fully saturated rings. The molecular weight excluding hydrogens is 526 g/mol. The normalized spacial score (nSPS) is 19.2. The number of hydrogen-bond donors (Lipinski definition) is 3. The zero-order chi connectivity index (χ0) is 22.2. The summed E-state index contributed by atoms with van der Waals surface area (Å²) < 4.78 is 28.1. The van der Waals surface area contributed by atoms with Gasteiger partial charge in [0.05, 0.1) is 0 Å². The molecule has 0 saturated carbocycles. The second-order valence-corrected chi connectivity index (χ2v) is 10.4. The Labute approximate surface area is 194 Å². The summed E-state index contributed by atoms with van der Waals surface area (Å²) in [5.74, 6) is 0.0270. The number of carbonyl (C=O) groups excluding carboxylic acids is 1. The number of anilines is 2. The third kappa shape index (κ3) is 3.60. The van der Waals surface area contributed by atoms with E-state index in [2.05, 4.69) is 31.6 Å². The average Bonchev–Trinajstić information content (AvgIpc) is 3.16. The molecule has 1 unspecified atom stereocenters. The Morgan fingerprint density at radius 2 is 2.22 bits per heavy atom. The first-order valence-electron chi connectivity index (χ1n) is 10.0. The molecular formula is C23H21FIN4O3-. The van der Waals surface area contributed by atoms with E-state index in [-0.39, 0.29) is 15.6 Å². The van der Waals surface area contributed by atoms with Crippen molar-refractivity contribution in [2.75, 3.05) is 25.6 Å². The number of amides is 1. The van der Waals surface area contributed by atoms with E-state index in [1.165, 1.54) is 13.2 Å². The molecule has 7 nitrogen and oxygen atoms in total. The van der Waals surface area contributed by atoms with Crippen LogP contribution in [0.4, 0.5) is 15.8 Å². The first kappa shape index (κ1) is 20.8. The van der Waals surface area contributed by atoms with Gasteiger partial charge in [0.15, 0.2) is 0 Å². The van der Waals surface area contributed by atoms with Gasteiger partial charge in [0.25, 0.3) is 0 Å². The van der Waals surface area contributed by atoms with Crippen LogP contribution in [0.1, 0.15) is 26.9 Å². The van der Waals surface area contributed by atoms with E-state index >= 15 is 0 Å². The fourth-order valence-electron chi connectivity index (χ4n) is 3.85. The number of methoxy groups -OCH3 is 1. The summed E-state index contributed by atoms with van der Waals surface area (Å²) in [4.78, 5) is 20.7. The van der Waals surface area contributed by atoms with Crippen molar-refractivity contribution in [2.24, 2.45) is 0 Å². The van der Waals surface area contributed by atoms with Gasteiger partial charge >= 0.3 is 195 Å². The molecule has 0 aliphatic carbocycles. The van der Waals surface area contributed by atoms with Crippen molar-refractivity contribution in [1.82, 2.24) is 15.3 Å². The molecule has 2 aliphatic rings. The van der Waals surface area contributed by atoms with E-state index in [0.717, 1.165) is 16.8 Å². The van der Waals surface area contributed by atoms with Crippen LogP contribution in [0.15, 0.2) is 46.3 Å². The summed E-state index contributed by atoms with van der Waals surface area (Å²) in [7, 11) is 1.42. The van der Waals surface area contributed by atoms with Gasteiger partial charge in [-0.15, -0.1) is 0 Å². The molecule has 5 rings (SSSR count). The number of nitrogens with zero attached hydrogens (tertiary/aromatic N) is 1. The number of aromatic amines is 1. The molecule has 4 heterocycles. The number of aromatic nitrogens is 2. The van der Waals surface area contributed by atoms with Crippen molar-refractivity contribution < 1.29 is 39.9 Å². The molecule has 9 heteroatoms. The van der Waals surface area contributed by atoms with Crippen LogP contribution in [0.25, 0.3) is 11.3 Å². The van der Waals surface area contributed by atoms with Crippen LogP contribution in [0.3, 0.4) is 0 Å². The maximum atomic E-state index is 14.4. The predicted molar refractivity (Wildman–Crippen MR) is 115 cm³/mol. The number of rotatable bonds is 3. The van der Waals surface area contributed by atoms with Crippen molar-refractivity contribution in [2.45, 2.75) is 10.8 Å². The van der Waals surface area contributed by atoms with E-state index in [1.54, 1.807) is 24.5 Å². The summed E-state index contributed by atoms with van der Waals surface area (Å²) in [6.45, 7) is 3.10. The van der Waals surface area contributed by atoms with Gasteiger partial charge in [-0.3, -0.25) is 0 Å². The number of nitrogens with one attached hydrogen (secondary N) is 3. The van der Waals surface area contributed by atoms with E-state index in [0.29, 0.717) is 41.5 Å². The topological polar surface area (TPSA) is 88.3 Å². The third-order valence-corrected chi connectivity index (χ3v) is 8.71. The fraction of sp³-hybridized carbons (Fsp3) is 0.217. The van der Waals surface area contributed by atoms with Crippen molar-refractivity contribution in [1.29, 1.82) is 0 Å². The van der Waals surface area contributed by atoms with Crippen LogP contribution >= 0.6 is 0 Å². The van der Waals surface area contributed by atoms with E-state index in [9.17, 15) is 9.18 Å². The Kier molecular flexibility index (Phi) is 5.50. The molecule has 1 amide bonds. The summed E-state index contributed by atoms with van der Waals surface area (Å²) in [6, 6.07) is 6.50. The van der Waals surface area contributed by atoms with Gasteiger partial charge in [0.2, 0.25) is 0 Å². The number of hydrogen-bond acceptors (Lipinski definition) is 5. The first-order valence-corrected chi connectivity index (χ1v) is 12.5. The number of benzene rings is 1. The van der Waals surface area contributed by atoms with Gasteiger partial charge in [-0.05, 0) is 0 Å². The quantitative estimate of drug-likeness (QED) is 0.339. The second-order valence-electron chi connectivity index (χ2n) is 7.53. The van der Waals surface area contributed by atoms with Gasteiger partial charge in [-0.1, -0.05) is 0 Å². The molecule has 1 aromatic carbocycles. The Hall–Kier alpha value is -3.08. The molecule has 166 valence electrons. The average molecular weight is 547 g/mol. The summed E-state index contributed by atoms with van der Waals surface area (Å²) in [5, 5.41) is 6.30. The predicted octanol–water partition coefficient (Wildman–Crippen LogP) is 1.14. The second kappa shape index (κ2) is 8.45. The molecule has 0 saturated heterocycles. The van der Waals surface area contributed by atoms with Crippen LogP contribution in [0.2, 0.25) is 0 Å². The minimum atomic E-state index is -0.486. The minimum absolute atomic E-state index is 0.0828. The van der Waals surface area contributed by atoms with Crippen LogP contribution in [-0.4, -0.2) is 36.1 Å². The van der Waals surface area contributed by atoms with Crippen LogP contribution in [-0.2, 0) is 0 Å². The Morgan fingerprint density at radius 1 is 1.34 bits per heavy atom. The van der Waals surface area contributed by atoms with Gasteiger partial charge in [-0.2, -0.15) is 0 Å². The van der Waals surface area contributed by atoms with E-state index in [4.69, 9.17) is 9.47 Å². The number of halogens is 2. The molecule has 3 N–H and O–H groups in total. The van der Waals surface area contributed by atoms with Gasteiger partial charge in [-0.25, -0.2) is 0 Å². The number of pyridine rings is 1. The fourth-order valence-corrected chi connectivity index (χ4v) is 6.38. The molecule has 2 aliphatic heterocycles. The zero-order valence-corrected chi connectivity index (χ0v) is 19.6. The number of fused-ring (bicyclic) bond motifs is 3. The Bertz CT molecular complexity index is 1240. The van der Waals surface area contributed by atoms with Gasteiger partial charge < -0.3 is 0 Å². The number of H-pyrrole nitrogens is 1. The Morgan fingerprint density at radius 3 is 3.06 bits per heavy atom. The zero-order valence-electron chi connectivity index (χ0n) is 17.5. The van der Waals surface area contributed by atoms with Crippen LogP contribution < -0.4 is 41.3 Å². The standard InChI is InChI=1S/C23H21FIN4O3/c1-12-8-25-15-9-27-23(30)18-20(15)29-19(13-6-7-26-10-17(13)32-11-12)21(18)28-16-5-3-4-14(24)22(16)31-2/h3-8,10,15,28-29H,9,11H2,1-2H3,(H,27,30)/q-1/b12-8+. The molecule has 1 atom stereocenters.